The summed E-state index contributed by atoms with van der Waals surface area (Å²) in [6.45, 7) is 3.86. The summed E-state index contributed by atoms with van der Waals surface area (Å²) >= 11 is 3.45. The van der Waals surface area contributed by atoms with Crippen LogP contribution in [0.2, 0.25) is 0 Å². The lowest BCUT2D eigenvalue weighted by Gasteiger charge is -2.46. The quantitative estimate of drug-likeness (QED) is 0.730. The van der Waals surface area contributed by atoms with E-state index in [0.29, 0.717) is 0 Å². The number of hydrogen-bond donors (Lipinski definition) is 0. The topological polar surface area (TPSA) is 59.0 Å². The Bertz CT molecular complexity index is 882. The minimum atomic E-state index is -0.618. The zero-order valence-corrected chi connectivity index (χ0v) is 17.1. The first kappa shape index (κ1) is 17.8. The predicted molar refractivity (Wildman–Crippen MR) is 102 cm³/mol. The molecule has 3 aliphatic rings. The van der Waals surface area contributed by atoms with Crippen LogP contribution in [0.5, 0.6) is 5.75 Å². The van der Waals surface area contributed by atoms with E-state index in [4.69, 9.17) is 23.7 Å². The molecule has 2 aromatic rings. The van der Waals surface area contributed by atoms with Crippen molar-refractivity contribution in [1.29, 1.82) is 0 Å². The van der Waals surface area contributed by atoms with Crippen molar-refractivity contribution >= 4 is 26.8 Å². The van der Waals surface area contributed by atoms with Crippen molar-refractivity contribution in [2.24, 2.45) is 0 Å². The van der Waals surface area contributed by atoms with E-state index in [2.05, 4.69) is 20.9 Å². The van der Waals surface area contributed by atoms with E-state index < -0.39 is 17.7 Å². The van der Waals surface area contributed by atoms with Crippen LogP contribution in [0.1, 0.15) is 26.7 Å². The highest BCUT2D eigenvalue weighted by Crippen LogP contribution is 2.53. The van der Waals surface area contributed by atoms with Gasteiger partial charge in [-0.1, -0.05) is 0 Å². The average molecular weight is 436 g/mol. The van der Waals surface area contributed by atoms with E-state index in [9.17, 15) is 0 Å². The maximum atomic E-state index is 6.18. The Balaban J connectivity index is 1.30. The molecular formula is C20H22BrNO5. The van der Waals surface area contributed by atoms with Gasteiger partial charge in [0.05, 0.1) is 5.52 Å². The van der Waals surface area contributed by atoms with Crippen molar-refractivity contribution in [3.05, 3.63) is 34.9 Å². The van der Waals surface area contributed by atoms with Crippen LogP contribution in [-0.2, 0) is 18.9 Å². The number of fused-ring (bicyclic) bond motifs is 3. The van der Waals surface area contributed by atoms with Gasteiger partial charge in [-0.2, -0.15) is 0 Å². The summed E-state index contributed by atoms with van der Waals surface area (Å²) in [4.78, 5) is 4.44. The van der Waals surface area contributed by atoms with Crippen LogP contribution in [0.3, 0.4) is 0 Å². The third kappa shape index (κ3) is 2.96. The van der Waals surface area contributed by atoms with Gasteiger partial charge in [-0.15, -0.1) is 0 Å². The number of benzene rings is 1. The third-order valence-electron chi connectivity index (χ3n) is 5.57. The van der Waals surface area contributed by atoms with Gasteiger partial charge in [-0.05, 0) is 48.0 Å². The number of aromatic nitrogens is 1. The highest BCUT2D eigenvalue weighted by molar-refractivity contribution is 9.10. The standard InChI is InChI=1S/C20H22BrNO5/c1-19(2)25-16-17(26-19)20(27-18(16)23-3)8-14(9-20)24-13-5-4-11-6-12(21)10-22-15(11)7-13/h4-7,10,14,16-18H,8-9H2,1-3H3/t14?,16-,17+,18-,20?/m1/s1. The van der Waals surface area contributed by atoms with Gasteiger partial charge in [0.25, 0.3) is 0 Å². The maximum absolute atomic E-state index is 6.18. The summed E-state index contributed by atoms with van der Waals surface area (Å²) in [5.74, 6) is 0.201. The number of halogens is 1. The van der Waals surface area contributed by atoms with E-state index >= 15 is 0 Å². The van der Waals surface area contributed by atoms with Gasteiger partial charge >= 0.3 is 0 Å². The fourth-order valence-corrected chi connectivity index (χ4v) is 4.75. The van der Waals surface area contributed by atoms with Crippen LogP contribution in [0, 0.1) is 0 Å². The molecule has 5 rings (SSSR count). The van der Waals surface area contributed by atoms with E-state index in [1.165, 1.54) is 0 Å². The summed E-state index contributed by atoms with van der Waals surface area (Å²) in [6.07, 6.45) is 2.63. The Morgan fingerprint density at radius 2 is 1.96 bits per heavy atom. The van der Waals surface area contributed by atoms with Crippen LogP contribution in [0.15, 0.2) is 34.9 Å². The SMILES string of the molecule is CO[C@@H]1OC2(CC(Oc3ccc4cc(Br)cnc4c3)C2)[C@H]2OC(C)(C)O[C@@H]12. The summed E-state index contributed by atoms with van der Waals surface area (Å²) in [5.41, 5.74) is 0.514. The van der Waals surface area contributed by atoms with Gasteiger partial charge < -0.3 is 23.7 Å². The highest BCUT2D eigenvalue weighted by atomic mass is 79.9. The van der Waals surface area contributed by atoms with E-state index in [1.807, 2.05) is 38.1 Å². The first-order chi connectivity index (χ1) is 12.9. The van der Waals surface area contributed by atoms with Crippen LogP contribution in [-0.4, -0.2) is 48.1 Å². The van der Waals surface area contributed by atoms with Crippen molar-refractivity contribution < 1.29 is 23.7 Å². The Labute approximate surface area is 166 Å². The van der Waals surface area contributed by atoms with E-state index in [0.717, 1.165) is 34.0 Å². The molecule has 1 spiro atoms. The molecule has 144 valence electrons. The monoisotopic (exact) mass is 435 g/mol. The van der Waals surface area contributed by atoms with Crippen LogP contribution in [0.4, 0.5) is 0 Å². The Morgan fingerprint density at radius 1 is 1.15 bits per heavy atom. The second-order valence-corrected chi connectivity index (χ2v) is 8.88. The second kappa shape index (κ2) is 6.12. The molecule has 1 aromatic carbocycles. The molecule has 1 aromatic heterocycles. The summed E-state index contributed by atoms with van der Waals surface area (Å²) in [7, 11) is 1.64. The number of pyridine rings is 1. The van der Waals surface area contributed by atoms with Gasteiger partial charge in [0, 0.05) is 42.1 Å². The molecule has 2 saturated heterocycles. The van der Waals surface area contributed by atoms with Crippen LogP contribution in [0.25, 0.3) is 10.9 Å². The third-order valence-corrected chi connectivity index (χ3v) is 6.00. The van der Waals surface area contributed by atoms with Crippen molar-refractivity contribution in [3.8, 4) is 5.75 Å². The van der Waals surface area contributed by atoms with Crippen molar-refractivity contribution in [2.75, 3.05) is 7.11 Å². The van der Waals surface area contributed by atoms with Gasteiger partial charge in [0.15, 0.2) is 12.1 Å². The molecule has 0 bridgehead atoms. The molecule has 3 atom stereocenters. The lowest BCUT2D eigenvalue weighted by molar-refractivity contribution is -0.275. The Morgan fingerprint density at radius 3 is 2.74 bits per heavy atom. The first-order valence-electron chi connectivity index (χ1n) is 9.16. The van der Waals surface area contributed by atoms with Crippen molar-refractivity contribution in [3.63, 3.8) is 0 Å². The number of rotatable bonds is 3. The van der Waals surface area contributed by atoms with E-state index in [-0.39, 0.29) is 18.3 Å². The maximum Gasteiger partial charge on any atom is 0.186 e. The number of nitrogens with zero attached hydrogens (tertiary/aromatic N) is 1. The molecule has 27 heavy (non-hydrogen) atoms. The smallest absolute Gasteiger partial charge is 0.186 e. The summed E-state index contributed by atoms with van der Waals surface area (Å²) < 4.78 is 30.9. The molecule has 1 aliphatic carbocycles. The fourth-order valence-electron chi connectivity index (χ4n) is 4.41. The lowest BCUT2D eigenvalue weighted by Crippen LogP contribution is -2.57. The molecule has 1 saturated carbocycles. The minimum Gasteiger partial charge on any atom is -0.490 e. The molecule has 6 nitrogen and oxygen atoms in total. The normalized spacial score (nSPS) is 36.7. The summed E-state index contributed by atoms with van der Waals surface area (Å²) in [6, 6.07) is 8.02. The van der Waals surface area contributed by atoms with Crippen molar-refractivity contribution in [1.82, 2.24) is 4.98 Å². The van der Waals surface area contributed by atoms with Gasteiger partial charge in [-0.25, -0.2) is 0 Å². The molecular weight excluding hydrogens is 414 g/mol. The molecule has 0 amide bonds. The lowest BCUT2D eigenvalue weighted by atomic mass is 9.73. The molecule has 7 heteroatoms. The average Bonchev–Trinajstić information content (AvgIpc) is 3.06. The molecule has 2 aliphatic heterocycles. The Hall–Kier alpha value is -1.25. The van der Waals surface area contributed by atoms with E-state index in [1.54, 1.807) is 13.3 Å². The van der Waals surface area contributed by atoms with Crippen LogP contribution >= 0.6 is 15.9 Å². The molecule has 0 radical (unpaired) electrons. The molecule has 3 heterocycles. The zero-order chi connectivity index (χ0) is 18.8. The fraction of sp³-hybridized carbons (Fsp3) is 0.550. The molecule has 0 unspecified atom stereocenters. The number of ether oxygens (including phenoxy) is 5. The molecule has 3 fully saturated rings. The largest absolute Gasteiger partial charge is 0.490 e. The number of hydrogen-bond acceptors (Lipinski definition) is 6. The zero-order valence-electron chi connectivity index (χ0n) is 15.5. The van der Waals surface area contributed by atoms with Crippen LogP contribution < -0.4 is 4.74 Å². The van der Waals surface area contributed by atoms with Gasteiger partial charge in [0.2, 0.25) is 0 Å². The first-order valence-corrected chi connectivity index (χ1v) is 9.95. The predicted octanol–water partition coefficient (Wildman–Crippen LogP) is 3.80. The number of methoxy groups -OCH3 is 1. The second-order valence-electron chi connectivity index (χ2n) is 7.96. The highest BCUT2D eigenvalue weighted by Gasteiger charge is 2.67. The summed E-state index contributed by atoms with van der Waals surface area (Å²) in [5, 5.41) is 1.07. The van der Waals surface area contributed by atoms with Gasteiger partial charge in [0.1, 0.15) is 29.7 Å². The Kier molecular flexibility index (Phi) is 4.04. The molecule has 0 N–H and O–H groups in total. The van der Waals surface area contributed by atoms with Gasteiger partial charge in [-0.3, -0.25) is 4.98 Å². The van der Waals surface area contributed by atoms with Crippen molar-refractivity contribution in [2.45, 2.75) is 62.7 Å². The minimum absolute atomic E-state index is 0.0708.